The highest BCUT2D eigenvalue weighted by atomic mass is 16.5. The number of ether oxygens (including phenoxy) is 1. The number of hydroxylamine groups is 1. The van der Waals surface area contributed by atoms with Gasteiger partial charge < -0.3 is 9.64 Å². The number of hydrogen-bond acceptors (Lipinski definition) is 5. The van der Waals surface area contributed by atoms with Gasteiger partial charge in [0.2, 0.25) is 0 Å². The van der Waals surface area contributed by atoms with E-state index in [1.807, 2.05) is 38.4 Å². The highest BCUT2D eigenvalue weighted by Crippen LogP contribution is 2.22. The first-order valence-electron chi connectivity index (χ1n) is 8.91. The molecule has 28 heavy (non-hydrogen) atoms. The van der Waals surface area contributed by atoms with E-state index in [1.165, 1.54) is 17.8 Å². The smallest absolute Gasteiger partial charge is 0.274 e. The van der Waals surface area contributed by atoms with Crippen LogP contribution in [0.2, 0.25) is 0 Å². The monoisotopic (exact) mass is 377 g/mol. The van der Waals surface area contributed by atoms with Crippen molar-refractivity contribution in [3.8, 4) is 17.0 Å². The van der Waals surface area contributed by atoms with Crippen molar-refractivity contribution >= 4 is 5.91 Å². The molecule has 0 atom stereocenters. The molecule has 2 N–H and O–H groups in total. The van der Waals surface area contributed by atoms with Crippen LogP contribution in [0.3, 0.4) is 0 Å². The van der Waals surface area contributed by atoms with E-state index in [0.29, 0.717) is 17.9 Å². The summed E-state index contributed by atoms with van der Waals surface area (Å²) in [5.41, 5.74) is 5.83. The molecule has 0 unspecified atom stereocenters. The van der Waals surface area contributed by atoms with Gasteiger partial charge in [0, 0.05) is 23.9 Å². The normalized spacial score (nSPS) is 10.7. The SMILES string of the molecule is CN(C)Cc1ccc(COc2ccc(-c3cc(C(=O)NO)ccn3)cc2)cc1. The summed E-state index contributed by atoms with van der Waals surface area (Å²) in [6.45, 7) is 1.41. The van der Waals surface area contributed by atoms with Crippen molar-refractivity contribution in [3.05, 3.63) is 83.6 Å². The molecule has 0 aliphatic heterocycles. The molecule has 1 heterocycles. The molecule has 0 bridgehead atoms. The van der Waals surface area contributed by atoms with Crippen molar-refractivity contribution in [2.45, 2.75) is 13.2 Å². The van der Waals surface area contributed by atoms with Gasteiger partial charge in [-0.3, -0.25) is 15.0 Å². The second-order valence-electron chi connectivity index (χ2n) is 6.74. The number of pyridine rings is 1. The fraction of sp³-hybridized carbons (Fsp3) is 0.182. The molecule has 2 aromatic carbocycles. The molecule has 0 spiro atoms. The highest BCUT2D eigenvalue weighted by molar-refractivity contribution is 5.94. The second kappa shape index (κ2) is 9.12. The van der Waals surface area contributed by atoms with E-state index in [-0.39, 0.29) is 0 Å². The van der Waals surface area contributed by atoms with Crippen LogP contribution in [0, 0.1) is 0 Å². The first-order valence-corrected chi connectivity index (χ1v) is 8.91. The predicted octanol–water partition coefficient (Wildman–Crippen LogP) is 3.51. The van der Waals surface area contributed by atoms with Crippen LogP contribution in [0.4, 0.5) is 0 Å². The number of nitrogens with zero attached hydrogens (tertiary/aromatic N) is 2. The third-order valence-corrected chi connectivity index (χ3v) is 4.20. The van der Waals surface area contributed by atoms with Crippen molar-refractivity contribution in [1.82, 2.24) is 15.4 Å². The lowest BCUT2D eigenvalue weighted by atomic mass is 10.1. The standard InChI is InChI=1S/C22H23N3O3/c1-25(2)14-16-3-5-17(6-4-16)15-28-20-9-7-18(8-10-20)21-13-19(11-12-23-21)22(26)24-27/h3-13,27H,14-15H2,1-2H3,(H,24,26). The van der Waals surface area contributed by atoms with Gasteiger partial charge in [0.05, 0.1) is 5.69 Å². The number of carbonyl (C=O) groups excluding carboxylic acids is 1. The summed E-state index contributed by atoms with van der Waals surface area (Å²) in [4.78, 5) is 17.9. The zero-order chi connectivity index (χ0) is 19.9. The van der Waals surface area contributed by atoms with Crippen molar-refractivity contribution in [2.75, 3.05) is 14.1 Å². The maximum absolute atomic E-state index is 11.5. The van der Waals surface area contributed by atoms with Gasteiger partial charge in [0.1, 0.15) is 12.4 Å². The van der Waals surface area contributed by atoms with E-state index in [2.05, 4.69) is 34.1 Å². The van der Waals surface area contributed by atoms with E-state index in [1.54, 1.807) is 11.5 Å². The molecule has 0 radical (unpaired) electrons. The predicted molar refractivity (Wildman–Crippen MR) is 107 cm³/mol. The van der Waals surface area contributed by atoms with Gasteiger partial charge in [-0.2, -0.15) is 0 Å². The zero-order valence-electron chi connectivity index (χ0n) is 15.9. The fourth-order valence-electron chi connectivity index (χ4n) is 2.79. The molecule has 0 fully saturated rings. The average Bonchev–Trinajstić information content (AvgIpc) is 2.73. The summed E-state index contributed by atoms with van der Waals surface area (Å²) in [6.07, 6.45) is 1.53. The molecule has 6 nitrogen and oxygen atoms in total. The van der Waals surface area contributed by atoms with Gasteiger partial charge in [-0.1, -0.05) is 24.3 Å². The molecule has 0 aliphatic carbocycles. The van der Waals surface area contributed by atoms with Crippen LogP contribution in [-0.4, -0.2) is 35.1 Å². The Hall–Kier alpha value is -3.22. The lowest BCUT2D eigenvalue weighted by Gasteiger charge is -2.11. The van der Waals surface area contributed by atoms with Crippen LogP contribution in [0.5, 0.6) is 5.75 Å². The Bertz CT molecular complexity index is 923. The Balaban J connectivity index is 1.62. The molecule has 144 valence electrons. The molecule has 3 aromatic rings. The Morgan fingerprint density at radius 3 is 2.36 bits per heavy atom. The summed E-state index contributed by atoms with van der Waals surface area (Å²) in [5.74, 6) is 0.186. The number of rotatable bonds is 7. The molecular weight excluding hydrogens is 354 g/mol. The van der Waals surface area contributed by atoms with E-state index < -0.39 is 5.91 Å². The summed E-state index contributed by atoms with van der Waals surface area (Å²) in [6, 6.07) is 19.1. The van der Waals surface area contributed by atoms with Gasteiger partial charge in [-0.05, 0) is 61.6 Å². The zero-order valence-corrected chi connectivity index (χ0v) is 15.9. The summed E-state index contributed by atoms with van der Waals surface area (Å²) in [5, 5.41) is 8.75. The summed E-state index contributed by atoms with van der Waals surface area (Å²) >= 11 is 0. The minimum absolute atomic E-state index is 0.338. The molecular formula is C22H23N3O3. The third kappa shape index (κ3) is 5.16. The maximum atomic E-state index is 11.5. The van der Waals surface area contributed by atoms with Crippen LogP contribution in [-0.2, 0) is 13.2 Å². The Morgan fingerprint density at radius 1 is 1.04 bits per heavy atom. The van der Waals surface area contributed by atoms with E-state index >= 15 is 0 Å². The van der Waals surface area contributed by atoms with Crippen LogP contribution in [0.1, 0.15) is 21.5 Å². The first kappa shape index (κ1) is 19.5. The lowest BCUT2D eigenvalue weighted by Crippen LogP contribution is -2.18. The number of benzene rings is 2. The van der Waals surface area contributed by atoms with Crippen LogP contribution in [0.15, 0.2) is 66.9 Å². The van der Waals surface area contributed by atoms with Crippen LogP contribution < -0.4 is 10.2 Å². The van der Waals surface area contributed by atoms with Gasteiger partial charge in [-0.25, -0.2) is 5.48 Å². The third-order valence-electron chi connectivity index (χ3n) is 4.20. The second-order valence-corrected chi connectivity index (χ2v) is 6.74. The van der Waals surface area contributed by atoms with E-state index in [0.717, 1.165) is 23.4 Å². The quantitative estimate of drug-likeness (QED) is 0.487. The van der Waals surface area contributed by atoms with Gasteiger partial charge in [0.15, 0.2) is 0 Å². The van der Waals surface area contributed by atoms with Crippen LogP contribution >= 0.6 is 0 Å². The number of nitrogens with one attached hydrogen (secondary N) is 1. The number of hydrogen-bond donors (Lipinski definition) is 2. The van der Waals surface area contributed by atoms with E-state index in [9.17, 15) is 4.79 Å². The molecule has 0 aliphatic rings. The molecule has 0 saturated carbocycles. The van der Waals surface area contributed by atoms with Gasteiger partial charge in [0.25, 0.3) is 5.91 Å². The van der Waals surface area contributed by atoms with Gasteiger partial charge >= 0.3 is 0 Å². The molecule has 1 amide bonds. The number of aromatic nitrogens is 1. The van der Waals surface area contributed by atoms with E-state index in [4.69, 9.17) is 9.94 Å². The minimum Gasteiger partial charge on any atom is -0.489 e. The number of carbonyl (C=O) groups is 1. The van der Waals surface area contributed by atoms with Crippen molar-refractivity contribution in [1.29, 1.82) is 0 Å². The van der Waals surface area contributed by atoms with Crippen molar-refractivity contribution in [3.63, 3.8) is 0 Å². The molecule has 3 rings (SSSR count). The topological polar surface area (TPSA) is 74.7 Å². The van der Waals surface area contributed by atoms with Gasteiger partial charge in [-0.15, -0.1) is 0 Å². The summed E-state index contributed by atoms with van der Waals surface area (Å²) in [7, 11) is 4.10. The van der Waals surface area contributed by atoms with Crippen LogP contribution in [0.25, 0.3) is 11.3 Å². The lowest BCUT2D eigenvalue weighted by molar-refractivity contribution is 0.0706. The fourth-order valence-corrected chi connectivity index (χ4v) is 2.79. The summed E-state index contributed by atoms with van der Waals surface area (Å²) < 4.78 is 5.86. The van der Waals surface area contributed by atoms with Crippen molar-refractivity contribution < 1.29 is 14.7 Å². The largest absolute Gasteiger partial charge is 0.489 e. The molecule has 0 saturated heterocycles. The molecule has 1 aromatic heterocycles. The number of amides is 1. The minimum atomic E-state index is -0.569. The Morgan fingerprint density at radius 2 is 1.71 bits per heavy atom. The Labute approximate surface area is 164 Å². The Kier molecular flexibility index (Phi) is 6.37. The first-order chi connectivity index (χ1) is 13.5. The highest BCUT2D eigenvalue weighted by Gasteiger charge is 2.07. The maximum Gasteiger partial charge on any atom is 0.274 e. The average molecular weight is 377 g/mol. The van der Waals surface area contributed by atoms with Crippen molar-refractivity contribution in [2.24, 2.45) is 0 Å². The molecule has 6 heteroatoms.